The molecule has 0 aliphatic carbocycles. The molecule has 0 bridgehead atoms. The molecular formula is C13H22N2O4S2. The first-order valence-electron chi connectivity index (χ1n) is 6.69. The Labute approximate surface area is 126 Å². The van der Waals surface area contributed by atoms with E-state index in [9.17, 15) is 16.8 Å². The van der Waals surface area contributed by atoms with Crippen LogP contribution in [0.5, 0.6) is 0 Å². The normalized spacial score (nSPS) is 12.8. The summed E-state index contributed by atoms with van der Waals surface area (Å²) in [5, 5.41) is 5.01. The topological polar surface area (TPSA) is 106 Å². The van der Waals surface area contributed by atoms with Crippen molar-refractivity contribution in [3.05, 3.63) is 29.8 Å². The second-order valence-electron chi connectivity index (χ2n) is 5.36. The quantitative estimate of drug-likeness (QED) is 0.687. The van der Waals surface area contributed by atoms with Crippen molar-refractivity contribution < 1.29 is 16.8 Å². The van der Waals surface area contributed by atoms with Crippen LogP contribution in [0.1, 0.15) is 25.8 Å². The minimum atomic E-state index is -3.67. The van der Waals surface area contributed by atoms with E-state index in [1.165, 1.54) is 12.1 Å². The molecule has 8 heteroatoms. The molecule has 1 aromatic carbocycles. The number of sulfonamides is 2. The van der Waals surface area contributed by atoms with Gasteiger partial charge in [-0.15, -0.1) is 0 Å². The van der Waals surface area contributed by atoms with Crippen molar-refractivity contribution in [3.63, 3.8) is 0 Å². The van der Waals surface area contributed by atoms with Crippen molar-refractivity contribution in [2.75, 3.05) is 12.3 Å². The number of rotatable bonds is 8. The van der Waals surface area contributed by atoms with E-state index in [1.54, 1.807) is 12.1 Å². The molecular weight excluding hydrogens is 312 g/mol. The molecule has 1 rings (SSSR count). The third-order valence-electron chi connectivity index (χ3n) is 2.77. The van der Waals surface area contributed by atoms with Crippen molar-refractivity contribution in [1.82, 2.24) is 4.72 Å². The highest BCUT2D eigenvalue weighted by Gasteiger charge is 2.11. The Kier molecular flexibility index (Phi) is 6.33. The van der Waals surface area contributed by atoms with Gasteiger partial charge in [0.25, 0.3) is 0 Å². The summed E-state index contributed by atoms with van der Waals surface area (Å²) in [7, 11) is -6.87. The van der Waals surface area contributed by atoms with Crippen LogP contribution >= 0.6 is 0 Å². The third kappa shape index (κ3) is 7.03. The Morgan fingerprint density at radius 2 is 1.67 bits per heavy atom. The van der Waals surface area contributed by atoms with Gasteiger partial charge in [-0.05, 0) is 36.5 Å². The zero-order chi connectivity index (χ0) is 16.1. The van der Waals surface area contributed by atoms with E-state index >= 15 is 0 Å². The van der Waals surface area contributed by atoms with Crippen molar-refractivity contribution in [2.24, 2.45) is 11.1 Å². The number of nitrogens with one attached hydrogen (secondary N) is 1. The Balaban J connectivity index is 2.43. The smallest absolute Gasteiger partial charge is 0.225 e. The van der Waals surface area contributed by atoms with Gasteiger partial charge in [0.05, 0.1) is 10.6 Å². The molecule has 21 heavy (non-hydrogen) atoms. The highest BCUT2D eigenvalue weighted by Crippen LogP contribution is 2.10. The summed E-state index contributed by atoms with van der Waals surface area (Å²) in [6.45, 7) is 4.07. The van der Waals surface area contributed by atoms with Gasteiger partial charge < -0.3 is 0 Å². The lowest BCUT2D eigenvalue weighted by molar-refractivity contribution is 0.565. The molecule has 0 spiro atoms. The Morgan fingerprint density at radius 1 is 1.10 bits per heavy atom. The minimum absolute atomic E-state index is 0.0730. The van der Waals surface area contributed by atoms with Crippen LogP contribution in [0, 0.1) is 5.92 Å². The van der Waals surface area contributed by atoms with Crippen LogP contribution in [-0.2, 0) is 26.5 Å². The fourth-order valence-corrected chi connectivity index (χ4v) is 3.83. The minimum Gasteiger partial charge on any atom is -0.225 e. The van der Waals surface area contributed by atoms with Crippen LogP contribution in [-0.4, -0.2) is 29.1 Å². The highest BCUT2D eigenvalue weighted by molar-refractivity contribution is 7.89. The van der Waals surface area contributed by atoms with Crippen LogP contribution in [0.15, 0.2) is 29.2 Å². The number of aryl methyl sites for hydroxylation is 1. The summed E-state index contributed by atoms with van der Waals surface area (Å²) in [6.07, 6.45) is 1.31. The first-order valence-corrected chi connectivity index (χ1v) is 9.89. The van der Waals surface area contributed by atoms with E-state index in [0.29, 0.717) is 19.4 Å². The lowest BCUT2D eigenvalue weighted by Gasteiger charge is -2.08. The average Bonchev–Trinajstić information content (AvgIpc) is 2.32. The molecule has 0 saturated heterocycles. The van der Waals surface area contributed by atoms with E-state index in [1.807, 2.05) is 13.8 Å². The number of primary sulfonamides is 1. The summed E-state index contributed by atoms with van der Waals surface area (Å²) in [4.78, 5) is 0.0730. The first kappa shape index (κ1) is 18.1. The zero-order valence-electron chi connectivity index (χ0n) is 12.2. The van der Waals surface area contributed by atoms with Crippen LogP contribution in [0.25, 0.3) is 0 Å². The van der Waals surface area contributed by atoms with Crippen LogP contribution in [0.3, 0.4) is 0 Å². The molecule has 0 atom stereocenters. The van der Waals surface area contributed by atoms with E-state index in [2.05, 4.69) is 4.72 Å². The highest BCUT2D eigenvalue weighted by atomic mass is 32.2. The number of nitrogens with two attached hydrogens (primary N) is 1. The largest absolute Gasteiger partial charge is 0.238 e. The van der Waals surface area contributed by atoms with Crippen molar-refractivity contribution in [2.45, 2.75) is 31.6 Å². The molecule has 0 radical (unpaired) electrons. The van der Waals surface area contributed by atoms with Gasteiger partial charge in [0, 0.05) is 6.54 Å². The molecule has 120 valence electrons. The predicted octanol–water partition coefficient (Wildman–Crippen LogP) is 0.842. The SMILES string of the molecule is CC(C)CS(=O)(=O)NCCCc1ccc(S(N)(=O)=O)cc1. The maximum atomic E-state index is 11.6. The Morgan fingerprint density at radius 3 is 2.14 bits per heavy atom. The lowest BCUT2D eigenvalue weighted by Crippen LogP contribution is -2.29. The van der Waals surface area contributed by atoms with Crippen LogP contribution in [0.4, 0.5) is 0 Å². The first-order chi connectivity index (χ1) is 9.60. The summed E-state index contributed by atoms with van der Waals surface area (Å²) in [5.74, 6) is 0.212. The second-order valence-corrected chi connectivity index (χ2v) is 8.78. The molecule has 0 aromatic heterocycles. The average molecular weight is 334 g/mol. The molecule has 1 aromatic rings. The van der Waals surface area contributed by atoms with E-state index in [4.69, 9.17) is 5.14 Å². The van der Waals surface area contributed by atoms with E-state index in [0.717, 1.165) is 5.56 Å². The van der Waals surface area contributed by atoms with Gasteiger partial charge >= 0.3 is 0 Å². The van der Waals surface area contributed by atoms with Crippen molar-refractivity contribution in [3.8, 4) is 0 Å². The Hall–Kier alpha value is -0.960. The third-order valence-corrected chi connectivity index (χ3v) is 5.45. The van der Waals surface area contributed by atoms with E-state index < -0.39 is 20.0 Å². The molecule has 0 aliphatic rings. The molecule has 0 saturated carbocycles. The van der Waals surface area contributed by atoms with Crippen LogP contribution in [0.2, 0.25) is 0 Å². The maximum Gasteiger partial charge on any atom is 0.238 e. The van der Waals surface area contributed by atoms with Gasteiger partial charge in [-0.25, -0.2) is 26.7 Å². The second kappa shape index (κ2) is 7.35. The van der Waals surface area contributed by atoms with Gasteiger partial charge in [0.1, 0.15) is 0 Å². The Bertz CT molecular complexity index is 650. The fraction of sp³-hybridized carbons (Fsp3) is 0.538. The number of hydrogen-bond acceptors (Lipinski definition) is 4. The summed E-state index contributed by atoms with van der Waals surface area (Å²) in [6, 6.07) is 6.27. The van der Waals surface area contributed by atoms with Gasteiger partial charge in [0.15, 0.2) is 0 Å². The number of hydrogen-bond donors (Lipinski definition) is 2. The van der Waals surface area contributed by atoms with Gasteiger partial charge in [-0.3, -0.25) is 0 Å². The van der Waals surface area contributed by atoms with Gasteiger partial charge in [0.2, 0.25) is 20.0 Å². The predicted molar refractivity (Wildman–Crippen MR) is 82.8 cm³/mol. The van der Waals surface area contributed by atoms with E-state index in [-0.39, 0.29) is 16.6 Å². The molecule has 0 heterocycles. The summed E-state index contributed by atoms with van der Waals surface area (Å²) < 4.78 is 48.0. The fourth-order valence-electron chi connectivity index (χ4n) is 1.86. The molecule has 6 nitrogen and oxygen atoms in total. The van der Waals surface area contributed by atoms with Crippen molar-refractivity contribution >= 4 is 20.0 Å². The molecule has 3 N–H and O–H groups in total. The monoisotopic (exact) mass is 334 g/mol. The van der Waals surface area contributed by atoms with Crippen molar-refractivity contribution in [1.29, 1.82) is 0 Å². The van der Waals surface area contributed by atoms with Crippen LogP contribution < -0.4 is 9.86 Å². The molecule has 0 unspecified atom stereocenters. The van der Waals surface area contributed by atoms with Gasteiger partial charge in [-0.2, -0.15) is 0 Å². The summed E-state index contributed by atoms with van der Waals surface area (Å²) in [5.41, 5.74) is 0.936. The molecule has 0 amide bonds. The molecule has 0 fully saturated rings. The maximum absolute atomic E-state index is 11.6. The van der Waals surface area contributed by atoms with Gasteiger partial charge in [-0.1, -0.05) is 26.0 Å². The zero-order valence-corrected chi connectivity index (χ0v) is 13.9. The summed E-state index contributed by atoms with van der Waals surface area (Å²) >= 11 is 0. The number of benzene rings is 1. The standard InChI is InChI=1S/C13H22N2O4S2/c1-11(2)10-20(16,17)15-9-3-4-12-5-7-13(8-6-12)21(14,18)19/h5-8,11,15H,3-4,9-10H2,1-2H3,(H2,14,18,19). The molecule has 0 aliphatic heterocycles. The lowest BCUT2D eigenvalue weighted by atomic mass is 10.1.